The van der Waals surface area contributed by atoms with Gasteiger partial charge in [0.25, 0.3) is 21.7 Å². The average molecular weight is 450 g/mol. The zero-order valence-corrected chi connectivity index (χ0v) is 17.2. The second kappa shape index (κ2) is 9.18. The normalized spacial score (nSPS) is 11.3. The summed E-state index contributed by atoms with van der Waals surface area (Å²) in [5.74, 6) is -3.09. The molecular formula is C19H16F2N4O3S2. The van der Waals surface area contributed by atoms with Gasteiger partial charge in [-0.25, -0.2) is 13.4 Å². The van der Waals surface area contributed by atoms with Crippen molar-refractivity contribution in [3.05, 3.63) is 72.3 Å². The summed E-state index contributed by atoms with van der Waals surface area (Å²) in [6.07, 6.45) is 4.09. The molecule has 0 saturated heterocycles. The van der Waals surface area contributed by atoms with Crippen LogP contribution in [0.1, 0.15) is 16.1 Å². The van der Waals surface area contributed by atoms with E-state index in [1.807, 2.05) is 0 Å². The van der Waals surface area contributed by atoms with Crippen LogP contribution in [-0.2, 0) is 10.0 Å². The summed E-state index contributed by atoms with van der Waals surface area (Å²) in [5.41, 5.74) is 1.04. The summed E-state index contributed by atoms with van der Waals surface area (Å²) in [5, 5.41) is 2.58. The van der Waals surface area contributed by atoms with E-state index in [0.717, 1.165) is 0 Å². The number of nitrogens with zero attached hydrogens (tertiary/aromatic N) is 2. The van der Waals surface area contributed by atoms with Crippen LogP contribution in [0.4, 0.5) is 20.2 Å². The number of carbonyl (C=O) groups is 1. The van der Waals surface area contributed by atoms with E-state index in [4.69, 9.17) is 0 Å². The summed E-state index contributed by atoms with van der Waals surface area (Å²) < 4.78 is 52.9. The quantitative estimate of drug-likeness (QED) is 0.525. The zero-order valence-electron chi connectivity index (χ0n) is 15.5. The average Bonchev–Trinajstić information content (AvgIpc) is 2.71. The number of thioether (sulfide) groups is 1. The lowest BCUT2D eigenvalue weighted by atomic mass is 10.2. The van der Waals surface area contributed by atoms with Crippen LogP contribution < -0.4 is 10.0 Å². The first-order valence-corrected chi connectivity index (χ1v) is 10.9. The highest BCUT2D eigenvalue weighted by atomic mass is 32.2. The van der Waals surface area contributed by atoms with E-state index < -0.39 is 21.7 Å². The molecule has 1 aromatic heterocycles. The van der Waals surface area contributed by atoms with Crippen LogP contribution in [0.2, 0.25) is 0 Å². The van der Waals surface area contributed by atoms with Crippen LogP contribution in [0, 0.1) is 6.92 Å². The Kier molecular flexibility index (Phi) is 6.63. The van der Waals surface area contributed by atoms with Crippen molar-refractivity contribution in [2.24, 2.45) is 0 Å². The first-order valence-electron chi connectivity index (χ1n) is 8.50. The molecular weight excluding hydrogens is 434 g/mol. The van der Waals surface area contributed by atoms with Gasteiger partial charge in [-0.3, -0.25) is 14.5 Å². The lowest BCUT2D eigenvalue weighted by Crippen LogP contribution is -2.17. The van der Waals surface area contributed by atoms with Gasteiger partial charge in [0, 0.05) is 28.7 Å². The standard InChI is InChI=1S/C19H16F2N4O3S2/c1-12-2-3-14(24-18(26)16-11-22-8-9-23-16)10-17(12)30(27,28)25-13-4-6-15(7-5-13)29-19(20)21/h2-11,19,25H,1H3,(H,24,26). The molecule has 1 amide bonds. The molecule has 0 bridgehead atoms. The Morgan fingerprint density at radius 1 is 1.07 bits per heavy atom. The SMILES string of the molecule is Cc1ccc(NC(=O)c2cnccn2)cc1S(=O)(=O)Nc1ccc(SC(F)F)cc1. The lowest BCUT2D eigenvalue weighted by Gasteiger charge is -2.13. The Hall–Kier alpha value is -3.05. The topological polar surface area (TPSA) is 101 Å². The second-order valence-corrected chi connectivity index (χ2v) is 8.75. The van der Waals surface area contributed by atoms with E-state index in [0.29, 0.717) is 22.2 Å². The van der Waals surface area contributed by atoms with Crippen molar-refractivity contribution in [2.45, 2.75) is 22.5 Å². The van der Waals surface area contributed by atoms with Gasteiger partial charge in [-0.1, -0.05) is 17.8 Å². The number of hydrogen-bond donors (Lipinski definition) is 2. The number of benzene rings is 2. The van der Waals surface area contributed by atoms with Crippen LogP contribution >= 0.6 is 11.8 Å². The molecule has 0 aliphatic heterocycles. The van der Waals surface area contributed by atoms with Crippen molar-refractivity contribution in [2.75, 3.05) is 10.0 Å². The Balaban J connectivity index is 1.80. The molecule has 11 heteroatoms. The maximum atomic E-state index is 12.8. The summed E-state index contributed by atoms with van der Waals surface area (Å²) in [6, 6.07) is 10.1. The molecule has 0 fully saturated rings. The summed E-state index contributed by atoms with van der Waals surface area (Å²) in [7, 11) is -3.99. The van der Waals surface area contributed by atoms with E-state index in [9.17, 15) is 22.0 Å². The zero-order chi connectivity index (χ0) is 21.7. The molecule has 3 rings (SSSR count). The Morgan fingerprint density at radius 3 is 2.40 bits per heavy atom. The van der Waals surface area contributed by atoms with E-state index in [1.54, 1.807) is 19.1 Å². The van der Waals surface area contributed by atoms with Crippen molar-refractivity contribution < 1.29 is 22.0 Å². The van der Waals surface area contributed by atoms with E-state index in [2.05, 4.69) is 20.0 Å². The first-order chi connectivity index (χ1) is 14.2. The molecule has 1 heterocycles. The number of nitrogens with one attached hydrogen (secondary N) is 2. The molecule has 0 unspecified atom stereocenters. The summed E-state index contributed by atoms with van der Waals surface area (Å²) in [6.45, 7) is 1.62. The lowest BCUT2D eigenvalue weighted by molar-refractivity contribution is 0.102. The summed E-state index contributed by atoms with van der Waals surface area (Å²) >= 11 is 0.369. The number of amides is 1. The minimum atomic E-state index is -3.99. The van der Waals surface area contributed by atoms with Gasteiger partial charge in [0.2, 0.25) is 0 Å². The number of anilines is 2. The summed E-state index contributed by atoms with van der Waals surface area (Å²) in [4.78, 5) is 20.2. The Bertz CT molecular complexity index is 1140. The first kappa shape index (κ1) is 21.7. The van der Waals surface area contributed by atoms with Gasteiger partial charge in [-0.05, 0) is 48.9 Å². The number of hydrogen-bond acceptors (Lipinski definition) is 6. The molecule has 0 radical (unpaired) electrons. The van der Waals surface area contributed by atoms with Crippen molar-refractivity contribution in [1.29, 1.82) is 0 Å². The third-order valence-corrected chi connectivity index (χ3v) is 6.11. The molecule has 0 aliphatic rings. The minimum absolute atomic E-state index is 0.0366. The molecule has 2 aromatic carbocycles. The highest BCUT2D eigenvalue weighted by Gasteiger charge is 2.19. The monoisotopic (exact) mass is 450 g/mol. The fourth-order valence-corrected chi connectivity index (χ4v) is 4.32. The molecule has 7 nitrogen and oxygen atoms in total. The molecule has 3 aromatic rings. The second-order valence-electron chi connectivity index (χ2n) is 6.03. The molecule has 30 heavy (non-hydrogen) atoms. The van der Waals surface area contributed by atoms with Gasteiger partial charge < -0.3 is 5.32 Å². The molecule has 156 valence electrons. The van der Waals surface area contributed by atoms with Crippen LogP contribution in [0.3, 0.4) is 0 Å². The molecule has 0 spiro atoms. The molecule has 0 saturated carbocycles. The van der Waals surface area contributed by atoms with Crippen molar-refractivity contribution >= 4 is 39.1 Å². The largest absolute Gasteiger partial charge is 0.321 e. The van der Waals surface area contributed by atoms with Gasteiger partial charge in [0.15, 0.2) is 0 Å². The fraction of sp³-hybridized carbons (Fsp3) is 0.105. The number of carbonyl (C=O) groups excluding carboxylic acids is 1. The number of aromatic nitrogens is 2. The number of rotatable bonds is 7. The third-order valence-electron chi connectivity index (χ3n) is 3.86. The Labute approximate surface area is 176 Å². The molecule has 2 N–H and O–H groups in total. The van der Waals surface area contributed by atoms with Crippen LogP contribution in [0.15, 0.2) is 70.8 Å². The Morgan fingerprint density at radius 2 is 1.77 bits per heavy atom. The van der Waals surface area contributed by atoms with Crippen LogP contribution in [-0.4, -0.2) is 30.1 Å². The van der Waals surface area contributed by atoms with Crippen LogP contribution in [0.5, 0.6) is 0 Å². The van der Waals surface area contributed by atoms with E-state index in [-0.39, 0.29) is 22.0 Å². The van der Waals surface area contributed by atoms with Gasteiger partial charge >= 0.3 is 0 Å². The number of halogens is 2. The van der Waals surface area contributed by atoms with Gasteiger partial charge in [-0.2, -0.15) is 8.78 Å². The van der Waals surface area contributed by atoms with Crippen molar-refractivity contribution in [3.63, 3.8) is 0 Å². The van der Waals surface area contributed by atoms with E-state index >= 15 is 0 Å². The van der Waals surface area contributed by atoms with Gasteiger partial charge in [-0.15, -0.1) is 0 Å². The predicted octanol–water partition coefficient (Wildman–Crippen LogP) is 4.15. The number of sulfonamides is 1. The smallest absolute Gasteiger partial charge is 0.288 e. The van der Waals surface area contributed by atoms with E-state index in [1.165, 1.54) is 48.9 Å². The number of aryl methyl sites for hydroxylation is 1. The van der Waals surface area contributed by atoms with Gasteiger partial charge in [0.05, 0.1) is 11.1 Å². The van der Waals surface area contributed by atoms with Gasteiger partial charge in [0.1, 0.15) is 5.69 Å². The molecule has 0 aliphatic carbocycles. The minimum Gasteiger partial charge on any atom is -0.321 e. The van der Waals surface area contributed by atoms with Crippen molar-refractivity contribution in [3.8, 4) is 0 Å². The highest BCUT2D eigenvalue weighted by molar-refractivity contribution is 7.99. The highest BCUT2D eigenvalue weighted by Crippen LogP contribution is 2.28. The third kappa shape index (κ3) is 5.51. The predicted molar refractivity (Wildman–Crippen MR) is 110 cm³/mol. The van der Waals surface area contributed by atoms with Crippen LogP contribution in [0.25, 0.3) is 0 Å². The number of alkyl halides is 2. The maximum Gasteiger partial charge on any atom is 0.288 e. The maximum absolute atomic E-state index is 12.8. The fourth-order valence-electron chi connectivity index (χ4n) is 2.49. The van der Waals surface area contributed by atoms with Crippen molar-refractivity contribution in [1.82, 2.24) is 9.97 Å². The molecule has 0 atom stereocenters.